The Morgan fingerprint density at radius 3 is 2.80 bits per heavy atom. The van der Waals surface area contributed by atoms with E-state index in [1.165, 1.54) is 12.1 Å². The summed E-state index contributed by atoms with van der Waals surface area (Å²) < 4.78 is 13.8. The molecule has 2 N–H and O–H groups in total. The van der Waals surface area contributed by atoms with Crippen LogP contribution in [0.3, 0.4) is 0 Å². The van der Waals surface area contributed by atoms with Crippen LogP contribution >= 0.6 is 15.9 Å². The van der Waals surface area contributed by atoms with E-state index in [9.17, 15) is 14.0 Å². The normalized spacial score (nSPS) is 11.9. The van der Waals surface area contributed by atoms with Gasteiger partial charge in [-0.3, -0.25) is 9.59 Å². The largest absolute Gasteiger partial charge is 0.481 e. The maximum absolute atomic E-state index is 13.1. The molecule has 110 valence electrons. The summed E-state index contributed by atoms with van der Waals surface area (Å²) in [7, 11) is 0. The summed E-state index contributed by atoms with van der Waals surface area (Å²) >= 11 is 3.31. The molecule has 1 unspecified atom stereocenters. The van der Waals surface area contributed by atoms with Crippen LogP contribution in [-0.2, 0) is 16.0 Å². The first kappa shape index (κ1) is 16.6. The Morgan fingerprint density at radius 1 is 1.45 bits per heavy atom. The Labute approximate surface area is 125 Å². The standard InChI is InChI=1S/C14H17BrFNO3/c1-9(6-14(19)20)8-17-13(18)5-2-10-7-11(16)3-4-12(10)15/h3-4,7,9H,2,5-6,8H2,1H3,(H,17,18)(H,19,20). The molecule has 0 saturated carbocycles. The van der Waals surface area contributed by atoms with E-state index in [0.29, 0.717) is 13.0 Å². The Bertz CT molecular complexity index is 493. The van der Waals surface area contributed by atoms with Crippen molar-refractivity contribution in [3.05, 3.63) is 34.1 Å². The van der Waals surface area contributed by atoms with Gasteiger partial charge in [0, 0.05) is 23.9 Å². The summed E-state index contributed by atoms with van der Waals surface area (Å²) in [6, 6.07) is 4.35. The van der Waals surface area contributed by atoms with Gasteiger partial charge in [-0.25, -0.2) is 4.39 Å². The SMILES string of the molecule is CC(CNC(=O)CCc1cc(F)ccc1Br)CC(=O)O. The summed E-state index contributed by atoms with van der Waals surface area (Å²) in [6.07, 6.45) is 0.690. The third kappa shape index (κ3) is 6.14. The molecule has 0 spiro atoms. The van der Waals surface area contributed by atoms with Gasteiger partial charge in [-0.05, 0) is 36.1 Å². The second-order valence-corrected chi connectivity index (χ2v) is 5.60. The Hall–Kier alpha value is -1.43. The molecule has 1 aromatic carbocycles. The highest BCUT2D eigenvalue weighted by molar-refractivity contribution is 9.10. The second kappa shape index (κ2) is 7.99. The van der Waals surface area contributed by atoms with Crippen LogP contribution in [0.15, 0.2) is 22.7 Å². The molecule has 0 heterocycles. The number of hydrogen-bond acceptors (Lipinski definition) is 2. The van der Waals surface area contributed by atoms with Gasteiger partial charge in [0.25, 0.3) is 0 Å². The number of halogens is 2. The first-order valence-corrected chi connectivity index (χ1v) is 7.10. The number of carboxylic acids is 1. The molecule has 0 aliphatic carbocycles. The topological polar surface area (TPSA) is 66.4 Å². The predicted molar refractivity (Wildman–Crippen MR) is 76.8 cm³/mol. The molecule has 0 aromatic heterocycles. The zero-order valence-electron chi connectivity index (χ0n) is 11.2. The van der Waals surface area contributed by atoms with Gasteiger partial charge in [0.2, 0.25) is 5.91 Å². The zero-order valence-corrected chi connectivity index (χ0v) is 12.7. The molecule has 1 amide bonds. The van der Waals surface area contributed by atoms with Crippen molar-refractivity contribution in [2.75, 3.05) is 6.54 Å². The fourth-order valence-electron chi connectivity index (χ4n) is 1.73. The van der Waals surface area contributed by atoms with Gasteiger partial charge in [-0.15, -0.1) is 0 Å². The van der Waals surface area contributed by atoms with Crippen LogP contribution < -0.4 is 5.32 Å². The molecular formula is C14H17BrFNO3. The van der Waals surface area contributed by atoms with Crippen LogP contribution in [0.25, 0.3) is 0 Å². The van der Waals surface area contributed by atoms with Crippen molar-refractivity contribution < 1.29 is 19.1 Å². The number of nitrogens with one attached hydrogen (secondary N) is 1. The predicted octanol–water partition coefficient (Wildman–Crippen LogP) is 2.75. The summed E-state index contributed by atoms with van der Waals surface area (Å²) in [6.45, 7) is 2.09. The van der Waals surface area contributed by atoms with Crippen LogP contribution in [-0.4, -0.2) is 23.5 Å². The number of carboxylic acid groups (broad SMARTS) is 1. The van der Waals surface area contributed by atoms with Gasteiger partial charge in [-0.2, -0.15) is 0 Å². The molecule has 1 rings (SSSR count). The fourth-order valence-corrected chi connectivity index (χ4v) is 2.17. The van der Waals surface area contributed by atoms with Crippen LogP contribution in [0.5, 0.6) is 0 Å². The number of carbonyl (C=O) groups excluding carboxylic acids is 1. The van der Waals surface area contributed by atoms with Gasteiger partial charge in [0.15, 0.2) is 0 Å². The van der Waals surface area contributed by atoms with Crippen molar-refractivity contribution in [1.29, 1.82) is 0 Å². The van der Waals surface area contributed by atoms with Crippen molar-refractivity contribution in [2.45, 2.75) is 26.2 Å². The van der Waals surface area contributed by atoms with Crippen LogP contribution in [0.1, 0.15) is 25.3 Å². The Balaban J connectivity index is 2.36. The lowest BCUT2D eigenvalue weighted by atomic mass is 10.1. The molecule has 20 heavy (non-hydrogen) atoms. The lowest BCUT2D eigenvalue weighted by molar-refractivity contribution is -0.138. The first-order valence-electron chi connectivity index (χ1n) is 6.31. The van der Waals surface area contributed by atoms with E-state index in [4.69, 9.17) is 5.11 Å². The third-order valence-corrected chi connectivity index (χ3v) is 3.57. The van der Waals surface area contributed by atoms with Crippen molar-refractivity contribution in [2.24, 2.45) is 5.92 Å². The molecule has 0 bridgehead atoms. The number of hydrogen-bond donors (Lipinski definition) is 2. The van der Waals surface area contributed by atoms with Gasteiger partial charge >= 0.3 is 5.97 Å². The number of benzene rings is 1. The number of aliphatic carboxylic acids is 1. The Kier molecular flexibility index (Phi) is 6.64. The van der Waals surface area contributed by atoms with Gasteiger partial charge in [0.1, 0.15) is 5.82 Å². The quantitative estimate of drug-likeness (QED) is 0.798. The highest BCUT2D eigenvalue weighted by Crippen LogP contribution is 2.19. The highest BCUT2D eigenvalue weighted by atomic mass is 79.9. The smallest absolute Gasteiger partial charge is 0.303 e. The number of aryl methyl sites for hydroxylation is 1. The van der Waals surface area contributed by atoms with E-state index in [1.54, 1.807) is 13.0 Å². The lowest BCUT2D eigenvalue weighted by Gasteiger charge is -2.10. The van der Waals surface area contributed by atoms with Crippen LogP contribution in [0.4, 0.5) is 4.39 Å². The first-order chi connectivity index (χ1) is 9.38. The Morgan fingerprint density at radius 2 is 2.15 bits per heavy atom. The number of rotatable bonds is 7. The number of carbonyl (C=O) groups is 2. The molecular weight excluding hydrogens is 329 g/mol. The monoisotopic (exact) mass is 345 g/mol. The molecule has 0 aliphatic rings. The summed E-state index contributed by atoms with van der Waals surface area (Å²) in [5.41, 5.74) is 0.735. The second-order valence-electron chi connectivity index (χ2n) is 4.74. The van der Waals surface area contributed by atoms with Crippen molar-refractivity contribution in [3.8, 4) is 0 Å². The summed E-state index contributed by atoms with van der Waals surface area (Å²) in [4.78, 5) is 22.1. The minimum Gasteiger partial charge on any atom is -0.481 e. The minimum atomic E-state index is -0.879. The van der Waals surface area contributed by atoms with Gasteiger partial charge in [-0.1, -0.05) is 22.9 Å². The average Bonchev–Trinajstić information content (AvgIpc) is 2.36. The maximum atomic E-state index is 13.1. The van der Waals surface area contributed by atoms with E-state index < -0.39 is 5.97 Å². The molecule has 0 aliphatic heterocycles. The summed E-state index contributed by atoms with van der Waals surface area (Å²) in [5.74, 6) is -1.50. The molecule has 1 aromatic rings. The zero-order chi connectivity index (χ0) is 15.1. The van der Waals surface area contributed by atoms with E-state index in [0.717, 1.165) is 10.0 Å². The minimum absolute atomic E-state index is 0.0235. The fraction of sp³-hybridized carbons (Fsp3) is 0.429. The average molecular weight is 346 g/mol. The van der Waals surface area contributed by atoms with Crippen molar-refractivity contribution in [3.63, 3.8) is 0 Å². The molecule has 0 fully saturated rings. The lowest BCUT2D eigenvalue weighted by Crippen LogP contribution is -2.29. The maximum Gasteiger partial charge on any atom is 0.303 e. The van der Waals surface area contributed by atoms with Gasteiger partial charge < -0.3 is 10.4 Å². The van der Waals surface area contributed by atoms with Gasteiger partial charge in [0.05, 0.1) is 0 Å². The highest BCUT2D eigenvalue weighted by Gasteiger charge is 2.10. The molecule has 0 saturated heterocycles. The number of amides is 1. The molecule has 4 nitrogen and oxygen atoms in total. The third-order valence-electron chi connectivity index (χ3n) is 2.80. The van der Waals surface area contributed by atoms with Crippen molar-refractivity contribution >= 4 is 27.8 Å². The van der Waals surface area contributed by atoms with E-state index in [-0.39, 0.29) is 30.5 Å². The molecule has 0 radical (unpaired) electrons. The van der Waals surface area contributed by atoms with E-state index in [2.05, 4.69) is 21.2 Å². The molecule has 1 atom stereocenters. The van der Waals surface area contributed by atoms with Crippen molar-refractivity contribution in [1.82, 2.24) is 5.32 Å². The van der Waals surface area contributed by atoms with Crippen LogP contribution in [0, 0.1) is 11.7 Å². The van der Waals surface area contributed by atoms with Crippen LogP contribution in [0.2, 0.25) is 0 Å². The van der Waals surface area contributed by atoms with E-state index >= 15 is 0 Å². The molecule has 6 heteroatoms. The summed E-state index contributed by atoms with van der Waals surface area (Å²) in [5, 5.41) is 11.3. The van der Waals surface area contributed by atoms with E-state index in [1.807, 2.05) is 0 Å².